The largest absolute Gasteiger partial charge is 0.337 e. The Bertz CT molecular complexity index is 707. The molecule has 2 rings (SSSR count). The molecule has 0 radical (unpaired) electrons. The molecule has 1 amide bonds. The van der Waals surface area contributed by atoms with Crippen molar-refractivity contribution >= 4 is 39.8 Å². The Kier molecular flexibility index (Phi) is 6.84. The second-order valence-corrected chi connectivity index (χ2v) is 9.13. The van der Waals surface area contributed by atoms with E-state index in [2.05, 4.69) is 34.6 Å². The molecule has 1 heterocycles. The summed E-state index contributed by atoms with van der Waals surface area (Å²) < 4.78 is 0.795. The van der Waals surface area contributed by atoms with E-state index in [1.807, 2.05) is 51.7 Å². The summed E-state index contributed by atoms with van der Waals surface area (Å²) in [7, 11) is 0. The smallest absolute Gasteiger partial charge is 0.236 e. The number of nitrogens with one attached hydrogen (secondary N) is 1. The van der Waals surface area contributed by atoms with E-state index in [4.69, 9.17) is 0 Å². The van der Waals surface area contributed by atoms with E-state index in [1.165, 1.54) is 28.7 Å². The molecule has 2 aromatic rings. The van der Waals surface area contributed by atoms with Crippen LogP contribution in [-0.2, 0) is 4.79 Å². The quantitative estimate of drug-likeness (QED) is 0.707. The second-order valence-electron chi connectivity index (χ2n) is 6.56. The minimum Gasteiger partial charge on any atom is -0.337 e. The summed E-state index contributed by atoms with van der Waals surface area (Å²) in [5.41, 5.74) is 2.17. The van der Waals surface area contributed by atoms with Gasteiger partial charge in [0.1, 0.15) is 0 Å². The Labute approximate surface area is 158 Å². The van der Waals surface area contributed by atoms with Gasteiger partial charge in [0.15, 0.2) is 4.34 Å². The van der Waals surface area contributed by atoms with Gasteiger partial charge in [-0.25, -0.2) is 0 Å². The van der Waals surface area contributed by atoms with Crippen molar-refractivity contribution in [2.45, 2.75) is 63.2 Å². The number of hydrogen-bond acceptors (Lipinski definition) is 6. The third-order valence-electron chi connectivity index (χ3n) is 3.67. The van der Waals surface area contributed by atoms with Crippen molar-refractivity contribution in [1.29, 1.82) is 0 Å². The topological polar surface area (TPSA) is 58.1 Å². The van der Waals surface area contributed by atoms with E-state index < -0.39 is 0 Å². The average molecular weight is 379 g/mol. The van der Waals surface area contributed by atoms with Gasteiger partial charge in [0, 0.05) is 17.8 Å². The lowest BCUT2D eigenvalue weighted by molar-refractivity contribution is -0.133. The van der Waals surface area contributed by atoms with Crippen LogP contribution in [0.1, 0.15) is 40.2 Å². The maximum atomic E-state index is 12.7. The van der Waals surface area contributed by atoms with E-state index in [1.54, 1.807) is 0 Å². The molecular weight excluding hydrogens is 352 g/mol. The van der Waals surface area contributed by atoms with Gasteiger partial charge in [0.05, 0.1) is 5.25 Å². The van der Waals surface area contributed by atoms with Crippen LogP contribution in [-0.4, -0.2) is 38.3 Å². The van der Waals surface area contributed by atoms with Crippen molar-refractivity contribution in [2.24, 2.45) is 0 Å². The molecule has 0 saturated heterocycles. The summed E-state index contributed by atoms with van der Waals surface area (Å²) in [5.74, 6) is 0.137. The summed E-state index contributed by atoms with van der Waals surface area (Å²) in [6.07, 6.45) is 0. The van der Waals surface area contributed by atoms with Gasteiger partial charge in [-0.15, -0.1) is 10.2 Å². The molecule has 1 aromatic carbocycles. The third-order valence-corrected chi connectivity index (χ3v) is 5.68. The fourth-order valence-electron chi connectivity index (χ4n) is 2.67. The van der Waals surface area contributed by atoms with Crippen LogP contribution in [0.3, 0.4) is 0 Å². The van der Waals surface area contributed by atoms with Crippen LogP contribution in [0.2, 0.25) is 0 Å². The van der Waals surface area contributed by atoms with Crippen LogP contribution in [0, 0.1) is 6.92 Å². The van der Waals surface area contributed by atoms with Gasteiger partial charge in [-0.3, -0.25) is 4.79 Å². The van der Waals surface area contributed by atoms with Crippen LogP contribution in [0.4, 0.5) is 10.8 Å². The number of thioether (sulfide) groups is 1. The highest BCUT2D eigenvalue weighted by atomic mass is 32.2. The van der Waals surface area contributed by atoms with Crippen LogP contribution < -0.4 is 5.32 Å². The lowest BCUT2D eigenvalue weighted by atomic mass is 10.2. The third kappa shape index (κ3) is 5.44. The van der Waals surface area contributed by atoms with Crippen molar-refractivity contribution in [3.63, 3.8) is 0 Å². The number of carbonyl (C=O) groups is 1. The molecule has 25 heavy (non-hydrogen) atoms. The van der Waals surface area contributed by atoms with E-state index in [9.17, 15) is 4.79 Å². The first-order chi connectivity index (χ1) is 11.8. The minimum absolute atomic E-state index is 0.137. The van der Waals surface area contributed by atoms with Crippen molar-refractivity contribution in [3.05, 3.63) is 29.8 Å². The molecule has 0 bridgehead atoms. The highest BCUT2D eigenvalue weighted by Crippen LogP contribution is 2.31. The van der Waals surface area contributed by atoms with Crippen molar-refractivity contribution in [1.82, 2.24) is 15.1 Å². The normalized spacial score (nSPS) is 12.5. The molecule has 0 aliphatic heterocycles. The monoisotopic (exact) mass is 378 g/mol. The van der Waals surface area contributed by atoms with Crippen LogP contribution in [0.25, 0.3) is 0 Å². The first-order valence-corrected chi connectivity index (χ1v) is 10.1. The fraction of sp³-hybridized carbons (Fsp3) is 0.500. The van der Waals surface area contributed by atoms with E-state index in [-0.39, 0.29) is 23.2 Å². The molecule has 0 fully saturated rings. The molecule has 0 aliphatic carbocycles. The Hall–Kier alpha value is -1.60. The molecule has 1 aromatic heterocycles. The lowest BCUT2D eigenvalue weighted by Gasteiger charge is -2.32. The number of carbonyl (C=O) groups excluding carboxylic acids is 1. The van der Waals surface area contributed by atoms with Gasteiger partial charge in [-0.05, 0) is 59.2 Å². The number of amides is 1. The predicted molar refractivity (Wildman–Crippen MR) is 107 cm³/mol. The number of rotatable bonds is 7. The maximum Gasteiger partial charge on any atom is 0.236 e. The number of nitrogens with zero attached hydrogens (tertiary/aromatic N) is 3. The van der Waals surface area contributed by atoms with Gasteiger partial charge >= 0.3 is 0 Å². The lowest BCUT2D eigenvalue weighted by Crippen LogP contribution is -2.45. The molecular formula is C18H26N4OS2. The minimum atomic E-state index is -0.190. The predicted octanol–water partition coefficient (Wildman–Crippen LogP) is 4.72. The molecule has 5 nitrogen and oxygen atoms in total. The maximum absolute atomic E-state index is 12.7. The first-order valence-electron chi connectivity index (χ1n) is 8.44. The SMILES string of the molecule is Cc1cccc(Nc2nnc(S[C@@H](C)C(=O)N(C(C)C)C(C)C)s2)c1. The number of benzene rings is 1. The second kappa shape index (κ2) is 8.67. The van der Waals surface area contributed by atoms with E-state index >= 15 is 0 Å². The van der Waals surface area contributed by atoms with Gasteiger partial charge in [0.25, 0.3) is 0 Å². The Morgan fingerprint density at radius 2 is 1.84 bits per heavy atom. The van der Waals surface area contributed by atoms with Gasteiger partial charge < -0.3 is 10.2 Å². The van der Waals surface area contributed by atoms with E-state index in [0.29, 0.717) is 0 Å². The van der Waals surface area contributed by atoms with E-state index in [0.717, 1.165) is 15.2 Å². The van der Waals surface area contributed by atoms with Crippen LogP contribution in [0.5, 0.6) is 0 Å². The standard InChI is InChI=1S/C18H26N4OS2/c1-11(2)22(12(3)4)16(23)14(6)24-18-21-20-17(25-18)19-15-9-7-8-13(5)10-15/h7-12,14H,1-6H3,(H,19,20)/t14-/m0/s1. The summed E-state index contributed by atoms with van der Waals surface area (Å²) in [6, 6.07) is 8.48. The number of aromatic nitrogens is 2. The Balaban J connectivity index is 2.01. The zero-order chi connectivity index (χ0) is 18.6. The van der Waals surface area contributed by atoms with Crippen molar-refractivity contribution in [2.75, 3.05) is 5.32 Å². The van der Waals surface area contributed by atoms with Crippen LogP contribution in [0.15, 0.2) is 28.6 Å². The molecule has 1 atom stereocenters. The Morgan fingerprint density at radius 3 is 2.44 bits per heavy atom. The Morgan fingerprint density at radius 1 is 1.16 bits per heavy atom. The van der Waals surface area contributed by atoms with Gasteiger partial charge in [-0.2, -0.15) is 0 Å². The summed E-state index contributed by atoms with van der Waals surface area (Å²) >= 11 is 2.93. The molecule has 7 heteroatoms. The molecule has 0 saturated carbocycles. The number of hydrogen-bond donors (Lipinski definition) is 1. The van der Waals surface area contributed by atoms with Gasteiger partial charge in [0.2, 0.25) is 11.0 Å². The summed E-state index contributed by atoms with van der Waals surface area (Å²) in [4.78, 5) is 14.6. The number of aryl methyl sites for hydroxylation is 1. The zero-order valence-corrected chi connectivity index (χ0v) is 17.2. The van der Waals surface area contributed by atoms with Crippen LogP contribution >= 0.6 is 23.1 Å². The molecule has 0 spiro atoms. The molecule has 1 N–H and O–H groups in total. The number of anilines is 2. The van der Waals surface area contributed by atoms with Crippen molar-refractivity contribution < 1.29 is 4.79 Å². The summed E-state index contributed by atoms with van der Waals surface area (Å²) in [6.45, 7) is 12.2. The fourth-order valence-corrected chi connectivity index (χ4v) is 4.64. The highest BCUT2D eigenvalue weighted by molar-refractivity contribution is 8.02. The van der Waals surface area contributed by atoms with Crippen molar-refractivity contribution in [3.8, 4) is 0 Å². The average Bonchev–Trinajstić information content (AvgIpc) is 2.93. The summed E-state index contributed by atoms with van der Waals surface area (Å²) in [5, 5.41) is 12.2. The molecule has 0 aliphatic rings. The first kappa shape index (κ1) is 19.7. The molecule has 136 valence electrons. The zero-order valence-electron chi connectivity index (χ0n) is 15.6. The van der Waals surface area contributed by atoms with Gasteiger partial charge in [-0.1, -0.05) is 35.2 Å². The highest BCUT2D eigenvalue weighted by Gasteiger charge is 2.26. The molecule has 0 unspecified atom stereocenters.